The molecule has 6 heteroatoms. The molecular formula is C13H13N3OS2. The highest BCUT2D eigenvalue weighted by Gasteiger charge is 2.13. The normalized spacial score (nSPS) is 12.9. The van der Waals surface area contributed by atoms with Gasteiger partial charge in [0.25, 0.3) is 0 Å². The zero-order chi connectivity index (χ0) is 13.2. The first-order valence-electron chi connectivity index (χ1n) is 5.89. The molecule has 0 saturated heterocycles. The summed E-state index contributed by atoms with van der Waals surface area (Å²) in [5.74, 6) is 1.55. The molecule has 19 heavy (non-hydrogen) atoms. The molecule has 4 nitrogen and oxygen atoms in total. The molecule has 0 aliphatic carbocycles. The molecule has 0 aliphatic rings. The van der Waals surface area contributed by atoms with Gasteiger partial charge in [-0.2, -0.15) is 0 Å². The van der Waals surface area contributed by atoms with Gasteiger partial charge in [0.05, 0.1) is 6.04 Å². The Morgan fingerprint density at radius 1 is 1.37 bits per heavy atom. The van der Waals surface area contributed by atoms with Gasteiger partial charge in [-0.1, -0.05) is 41.3 Å². The summed E-state index contributed by atoms with van der Waals surface area (Å²) in [5, 5.41) is 10.1. The molecule has 98 valence electrons. The van der Waals surface area contributed by atoms with E-state index in [1.165, 1.54) is 0 Å². The quantitative estimate of drug-likeness (QED) is 0.746. The molecule has 0 spiro atoms. The fourth-order valence-corrected chi connectivity index (χ4v) is 3.57. The van der Waals surface area contributed by atoms with E-state index in [1.807, 2.05) is 37.3 Å². The van der Waals surface area contributed by atoms with E-state index in [4.69, 9.17) is 10.2 Å². The molecule has 0 amide bonds. The third kappa shape index (κ3) is 2.80. The van der Waals surface area contributed by atoms with Gasteiger partial charge in [0.2, 0.25) is 0 Å². The molecule has 0 bridgehead atoms. The van der Waals surface area contributed by atoms with Crippen molar-refractivity contribution in [2.24, 2.45) is 5.73 Å². The Morgan fingerprint density at radius 3 is 2.95 bits per heavy atom. The maximum absolute atomic E-state index is 6.16. The van der Waals surface area contributed by atoms with Crippen LogP contribution in [0.2, 0.25) is 0 Å². The second-order valence-electron chi connectivity index (χ2n) is 4.19. The van der Waals surface area contributed by atoms with Crippen LogP contribution in [0.3, 0.4) is 0 Å². The van der Waals surface area contributed by atoms with E-state index in [-0.39, 0.29) is 6.04 Å². The highest BCUT2D eigenvalue weighted by Crippen LogP contribution is 2.28. The van der Waals surface area contributed by atoms with Crippen molar-refractivity contribution in [3.05, 3.63) is 41.1 Å². The van der Waals surface area contributed by atoms with E-state index in [9.17, 15) is 0 Å². The first kappa shape index (κ1) is 12.7. The molecule has 1 aromatic carbocycles. The van der Waals surface area contributed by atoms with Crippen molar-refractivity contribution in [2.45, 2.75) is 17.3 Å². The molecule has 3 rings (SSSR count). The number of benzene rings is 1. The Balaban J connectivity index is 1.71. The van der Waals surface area contributed by atoms with Crippen molar-refractivity contribution in [3.8, 4) is 0 Å². The van der Waals surface area contributed by atoms with Gasteiger partial charge >= 0.3 is 0 Å². The lowest BCUT2D eigenvalue weighted by molar-refractivity contribution is 0.516. The van der Waals surface area contributed by atoms with Crippen molar-refractivity contribution in [3.63, 3.8) is 0 Å². The van der Waals surface area contributed by atoms with Crippen molar-refractivity contribution in [2.75, 3.05) is 5.75 Å². The largest absolute Gasteiger partial charge is 0.459 e. The first-order valence-corrected chi connectivity index (χ1v) is 7.69. The fraction of sp³-hybridized carbons (Fsp3) is 0.231. The van der Waals surface area contributed by atoms with Crippen LogP contribution in [0.15, 0.2) is 39.1 Å². The van der Waals surface area contributed by atoms with E-state index in [0.717, 1.165) is 31.8 Å². The second-order valence-corrected chi connectivity index (χ2v) is 6.64. The molecule has 0 fully saturated rings. The molecular weight excluding hydrogens is 278 g/mol. The molecule has 0 aliphatic heterocycles. The number of aromatic nitrogens is 2. The van der Waals surface area contributed by atoms with Crippen LogP contribution in [0, 0.1) is 6.92 Å². The van der Waals surface area contributed by atoms with Gasteiger partial charge in [0.15, 0.2) is 4.34 Å². The minimum absolute atomic E-state index is 0.137. The van der Waals surface area contributed by atoms with Gasteiger partial charge < -0.3 is 10.2 Å². The maximum Gasteiger partial charge on any atom is 0.174 e. The highest BCUT2D eigenvalue weighted by molar-refractivity contribution is 8.01. The van der Waals surface area contributed by atoms with Crippen LogP contribution in [0.1, 0.15) is 16.8 Å². The molecule has 1 unspecified atom stereocenters. The number of para-hydroxylation sites is 1. The average molecular weight is 291 g/mol. The van der Waals surface area contributed by atoms with Crippen LogP contribution in [-0.4, -0.2) is 16.0 Å². The number of nitrogens with two attached hydrogens (primary N) is 1. The van der Waals surface area contributed by atoms with Gasteiger partial charge in [0.1, 0.15) is 16.4 Å². The average Bonchev–Trinajstić information content (AvgIpc) is 3.01. The summed E-state index contributed by atoms with van der Waals surface area (Å²) in [4.78, 5) is 0. The minimum Gasteiger partial charge on any atom is -0.459 e. The smallest absolute Gasteiger partial charge is 0.174 e. The van der Waals surface area contributed by atoms with Crippen LogP contribution >= 0.6 is 23.1 Å². The summed E-state index contributed by atoms with van der Waals surface area (Å²) in [6.07, 6.45) is 0. The predicted octanol–water partition coefficient (Wildman–Crippen LogP) is 3.38. The Labute approximate surface area is 119 Å². The molecule has 2 N–H and O–H groups in total. The lowest BCUT2D eigenvalue weighted by Gasteiger charge is -2.05. The molecule has 3 aromatic rings. The zero-order valence-electron chi connectivity index (χ0n) is 10.4. The van der Waals surface area contributed by atoms with E-state index >= 15 is 0 Å². The number of hydrogen-bond donors (Lipinski definition) is 1. The molecule has 0 radical (unpaired) electrons. The number of nitrogens with zero attached hydrogens (tertiary/aromatic N) is 2. The van der Waals surface area contributed by atoms with Crippen LogP contribution in [-0.2, 0) is 0 Å². The van der Waals surface area contributed by atoms with Gasteiger partial charge in [-0.25, -0.2) is 0 Å². The van der Waals surface area contributed by atoms with E-state index in [1.54, 1.807) is 23.1 Å². The van der Waals surface area contributed by atoms with Gasteiger partial charge in [-0.15, -0.1) is 10.2 Å². The SMILES string of the molecule is Cc1nnc(SCC(N)c2cc3ccccc3o2)s1. The molecule has 1 atom stereocenters. The van der Waals surface area contributed by atoms with E-state index < -0.39 is 0 Å². The first-order chi connectivity index (χ1) is 9.22. The fourth-order valence-electron chi connectivity index (χ4n) is 1.77. The Kier molecular flexibility index (Phi) is 3.54. The Bertz CT molecular complexity index is 659. The Morgan fingerprint density at radius 2 is 2.21 bits per heavy atom. The summed E-state index contributed by atoms with van der Waals surface area (Å²) < 4.78 is 6.70. The van der Waals surface area contributed by atoms with Crippen LogP contribution < -0.4 is 5.73 Å². The Hall–Kier alpha value is -1.37. The van der Waals surface area contributed by atoms with Gasteiger partial charge in [-0.3, -0.25) is 0 Å². The summed E-state index contributed by atoms with van der Waals surface area (Å²) in [6.45, 7) is 1.95. The molecule has 0 saturated carbocycles. The summed E-state index contributed by atoms with van der Waals surface area (Å²) in [5.41, 5.74) is 7.03. The number of fused-ring (bicyclic) bond motifs is 1. The lowest BCUT2D eigenvalue weighted by Crippen LogP contribution is -2.11. The lowest BCUT2D eigenvalue weighted by atomic mass is 10.2. The molecule has 2 heterocycles. The third-order valence-corrected chi connectivity index (χ3v) is 4.80. The second kappa shape index (κ2) is 5.32. The number of thioether (sulfide) groups is 1. The van der Waals surface area contributed by atoms with Crippen LogP contribution in [0.5, 0.6) is 0 Å². The number of aryl methyl sites for hydroxylation is 1. The summed E-state index contributed by atoms with van der Waals surface area (Å²) in [7, 11) is 0. The number of hydrogen-bond acceptors (Lipinski definition) is 6. The topological polar surface area (TPSA) is 64.9 Å². The predicted molar refractivity (Wildman–Crippen MR) is 78.5 cm³/mol. The van der Waals surface area contributed by atoms with Crippen LogP contribution in [0.4, 0.5) is 0 Å². The standard InChI is InChI=1S/C13H13N3OS2/c1-8-15-16-13(19-8)18-7-10(14)12-6-9-4-2-3-5-11(9)17-12/h2-6,10H,7,14H2,1H3. The third-order valence-electron chi connectivity index (χ3n) is 2.70. The monoisotopic (exact) mass is 291 g/mol. The highest BCUT2D eigenvalue weighted by atomic mass is 32.2. The number of rotatable bonds is 4. The van der Waals surface area contributed by atoms with E-state index in [0.29, 0.717) is 0 Å². The minimum atomic E-state index is -0.137. The summed E-state index contributed by atoms with van der Waals surface area (Å²) in [6, 6.07) is 9.79. The van der Waals surface area contributed by atoms with Crippen LogP contribution in [0.25, 0.3) is 11.0 Å². The van der Waals surface area contributed by atoms with Crippen molar-refractivity contribution < 1.29 is 4.42 Å². The van der Waals surface area contributed by atoms with Crippen molar-refractivity contribution in [1.82, 2.24) is 10.2 Å². The summed E-state index contributed by atoms with van der Waals surface area (Å²) >= 11 is 3.20. The van der Waals surface area contributed by atoms with Gasteiger partial charge in [-0.05, 0) is 19.1 Å². The van der Waals surface area contributed by atoms with Gasteiger partial charge in [0, 0.05) is 11.1 Å². The maximum atomic E-state index is 6.16. The van der Waals surface area contributed by atoms with E-state index in [2.05, 4.69) is 10.2 Å². The number of furan rings is 1. The van der Waals surface area contributed by atoms with Crippen molar-refractivity contribution in [1.29, 1.82) is 0 Å². The molecule has 2 aromatic heterocycles. The van der Waals surface area contributed by atoms with Crippen molar-refractivity contribution >= 4 is 34.1 Å². The zero-order valence-corrected chi connectivity index (χ0v) is 12.0.